The van der Waals surface area contributed by atoms with E-state index in [1.165, 1.54) is 6.21 Å². The van der Waals surface area contributed by atoms with Gasteiger partial charge in [-0.3, -0.25) is 4.79 Å². The highest BCUT2D eigenvalue weighted by molar-refractivity contribution is 9.11. The molecule has 2 aromatic carbocycles. The van der Waals surface area contributed by atoms with Crippen molar-refractivity contribution in [1.82, 2.24) is 5.43 Å². The summed E-state index contributed by atoms with van der Waals surface area (Å²) in [5.41, 5.74) is 3.63. The zero-order valence-corrected chi connectivity index (χ0v) is 18.4. The fraction of sp³-hybridized carbons (Fsp3) is 0.263. The molecule has 0 aromatic heterocycles. The predicted molar refractivity (Wildman–Crippen MR) is 112 cm³/mol. The summed E-state index contributed by atoms with van der Waals surface area (Å²) in [6.07, 6.45) is 1.52. The van der Waals surface area contributed by atoms with Gasteiger partial charge >= 0.3 is 0 Å². The minimum absolute atomic E-state index is 0.358. The molecule has 0 saturated carbocycles. The van der Waals surface area contributed by atoms with E-state index in [0.717, 1.165) is 8.95 Å². The minimum atomic E-state index is -0.358. The second-order valence-electron chi connectivity index (χ2n) is 5.24. The molecule has 2 rings (SSSR count). The Kier molecular flexibility index (Phi) is 8.12. The van der Waals surface area contributed by atoms with E-state index in [4.69, 9.17) is 14.2 Å². The first kappa shape index (κ1) is 21.2. The summed E-state index contributed by atoms with van der Waals surface area (Å²) < 4.78 is 18.0. The van der Waals surface area contributed by atoms with Gasteiger partial charge in [-0.15, -0.1) is 0 Å². The van der Waals surface area contributed by atoms with Crippen LogP contribution < -0.4 is 19.6 Å². The Bertz CT molecular complexity index is 841. The molecule has 0 aliphatic rings. The highest BCUT2D eigenvalue weighted by atomic mass is 79.9. The third kappa shape index (κ3) is 5.71. The number of hydrogen-bond acceptors (Lipinski definition) is 5. The van der Waals surface area contributed by atoms with Crippen LogP contribution in [-0.2, 0) is 0 Å². The molecule has 8 heteroatoms. The average Bonchev–Trinajstić information content (AvgIpc) is 2.63. The second-order valence-corrected chi connectivity index (χ2v) is 7.01. The highest BCUT2D eigenvalue weighted by Crippen LogP contribution is 2.31. The van der Waals surface area contributed by atoms with Crippen LogP contribution in [0.2, 0.25) is 0 Å². The number of methoxy groups -OCH3 is 1. The molecule has 0 bridgehead atoms. The first-order valence-corrected chi connectivity index (χ1v) is 9.84. The molecule has 6 nitrogen and oxygen atoms in total. The number of rotatable bonds is 8. The van der Waals surface area contributed by atoms with Crippen molar-refractivity contribution in [2.24, 2.45) is 5.10 Å². The van der Waals surface area contributed by atoms with Crippen LogP contribution in [0.1, 0.15) is 29.8 Å². The quantitative estimate of drug-likeness (QED) is 0.419. The van der Waals surface area contributed by atoms with Gasteiger partial charge in [0.05, 0.1) is 31.0 Å². The Balaban J connectivity index is 2.16. The van der Waals surface area contributed by atoms with Gasteiger partial charge in [0.25, 0.3) is 5.91 Å². The number of nitrogens with one attached hydrogen (secondary N) is 1. The number of hydrogen-bond donors (Lipinski definition) is 1. The smallest absolute Gasteiger partial charge is 0.271 e. The maximum absolute atomic E-state index is 12.4. The molecular formula is C19H20Br2N2O4. The van der Waals surface area contributed by atoms with Crippen LogP contribution in [-0.4, -0.2) is 32.4 Å². The lowest BCUT2D eigenvalue weighted by atomic mass is 10.2. The Morgan fingerprint density at radius 2 is 1.81 bits per heavy atom. The van der Waals surface area contributed by atoms with Gasteiger partial charge in [-0.25, -0.2) is 5.43 Å². The summed E-state index contributed by atoms with van der Waals surface area (Å²) >= 11 is 6.84. The van der Waals surface area contributed by atoms with Crippen molar-refractivity contribution in [2.75, 3.05) is 20.3 Å². The van der Waals surface area contributed by atoms with Crippen LogP contribution in [0.5, 0.6) is 17.2 Å². The fourth-order valence-electron chi connectivity index (χ4n) is 2.31. The number of halogens is 2. The second kappa shape index (κ2) is 10.3. The van der Waals surface area contributed by atoms with Crippen LogP contribution in [0.3, 0.4) is 0 Å². The normalized spacial score (nSPS) is 10.7. The average molecular weight is 500 g/mol. The lowest BCUT2D eigenvalue weighted by molar-refractivity contribution is 0.0954. The molecule has 1 amide bonds. The SMILES string of the molecule is CCOc1ccc(C(=O)N/N=C/c2cc(Br)cc(Br)c2OC)cc1OCC. The molecule has 0 radical (unpaired) electrons. The largest absolute Gasteiger partial charge is 0.495 e. The Morgan fingerprint density at radius 1 is 1.11 bits per heavy atom. The van der Waals surface area contributed by atoms with Gasteiger partial charge in [0, 0.05) is 15.6 Å². The molecule has 0 fully saturated rings. The third-order valence-electron chi connectivity index (χ3n) is 3.42. The van der Waals surface area contributed by atoms with Crippen molar-refractivity contribution >= 4 is 44.0 Å². The molecule has 0 atom stereocenters. The van der Waals surface area contributed by atoms with E-state index in [1.54, 1.807) is 25.3 Å². The van der Waals surface area contributed by atoms with Crippen LogP contribution in [0.25, 0.3) is 0 Å². The summed E-state index contributed by atoms with van der Waals surface area (Å²) in [6.45, 7) is 4.75. The van der Waals surface area contributed by atoms with Crippen molar-refractivity contribution in [3.05, 3.63) is 50.4 Å². The van der Waals surface area contributed by atoms with Crippen molar-refractivity contribution in [3.8, 4) is 17.2 Å². The van der Waals surface area contributed by atoms with Gasteiger partial charge in [0.1, 0.15) is 5.75 Å². The number of hydrazone groups is 1. The van der Waals surface area contributed by atoms with E-state index in [0.29, 0.717) is 41.6 Å². The van der Waals surface area contributed by atoms with Crippen LogP contribution in [0.15, 0.2) is 44.4 Å². The number of ether oxygens (including phenoxy) is 3. The van der Waals surface area contributed by atoms with E-state index in [-0.39, 0.29) is 5.91 Å². The highest BCUT2D eigenvalue weighted by Gasteiger charge is 2.12. The van der Waals surface area contributed by atoms with Crippen molar-refractivity contribution in [2.45, 2.75) is 13.8 Å². The minimum Gasteiger partial charge on any atom is -0.495 e. The molecule has 144 valence electrons. The maximum Gasteiger partial charge on any atom is 0.271 e. The van der Waals surface area contributed by atoms with Gasteiger partial charge in [0.2, 0.25) is 0 Å². The maximum atomic E-state index is 12.4. The summed E-state index contributed by atoms with van der Waals surface area (Å²) in [6, 6.07) is 8.71. The summed E-state index contributed by atoms with van der Waals surface area (Å²) in [5.74, 6) is 1.39. The van der Waals surface area contributed by atoms with E-state index < -0.39 is 0 Å². The van der Waals surface area contributed by atoms with Gasteiger partial charge in [-0.05, 0) is 60.1 Å². The van der Waals surface area contributed by atoms with Crippen LogP contribution in [0, 0.1) is 0 Å². The lowest BCUT2D eigenvalue weighted by Gasteiger charge is -2.12. The van der Waals surface area contributed by atoms with E-state index in [2.05, 4.69) is 42.4 Å². The number of amides is 1. The summed E-state index contributed by atoms with van der Waals surface area (Å²) in [7, 11) is 1.57. The predicted octanol–water partition coefficient (Wildman–Crippen LogP) is 4.78. The summed E-state index contributed by atoms with van der Waals surface area (Å²) in [5, 5.41) is 4.02. The molecular weight excluding hydrogens is 480 g/mol. The Hall–Kier alpha value is -2.06. The number of carbonyl (C=O) groups is 1. The molecule has 0 spiro atoms. The first-order chi connectivity index (χ1) is 13.0. The molecule has 27 heavy (non-hydrogen) atoms. The number of nitrogens with zero attached hydrogens (tertiary/aromatic N) is 1. The van der Waals surface area contributed by atoms with E-state index in [1.807, 2.05) is 26.0 Å². The molecule has 1 N–H and O–H groups in total. The fourth-order valence-corrected chi connectivity index (χ4v) is 3.73. The van der Waals surface area contributed by atoms with E-state index in [9.17, 15) is 4.79 Å². The number of carbonyl (C=O) groups excluding carboxylic acids is 1. The molecule has 2 aromatic rings. The van der Waals surface area contributed by atoms with Crippen molar-refractivity contribution < 1.29 is 19.0 Å². The van der Waals surface area contributed by atoms with Crippen molar-refractivity contribution in [1.29, 1.82) is 0 Å². The topological polar surface area (TPSA) is 69.2 Å². The van der Waals surface area contributed by atoms with Crippen LogP contribution >= 0.6 is 31.9 Å². The monoisotopic (exact) mass is 498 g/mol. The molecule has 0 saturated heterocycles. The van der Waals surface area contributed by atoms with Gasteiger partial charge < -0.3 is 14.2 Å². The van der Waals surface area contributed by atoms with Crippen LogP contribution in [0.4, 0.5) is 0 Å². The van der Waals surface area contributed by atoms with Gasteiger partial charge in [-0.2, -0.15) is 5.10 Å². The Morgan fingerprint density at radius 3 is 2.48 bits per heavy atom. The first-order valence-electron chi connectivity index (χ1n) is 8.26. The lowest BCUT2D eigenvalue weighted by Crippen LogP contribution is -2.18. The van der Waals surface area contributed by atoms with E-state index >= 15 is 0 Å². The third-order valence-corrected chi connectivity index (χ3v) is 4.46. The molecule has 0 aliphatic carbocycles. The summed E-state index contributed by atoms with van der Waals surface area (Å²) in [4.78, 5) is 12.4. The zero-order valence-electron chi connectivity index (χ0n) is 15.2. The number of benzene rings is 2. The Labute approximate surface area is 175 Å². The molecule has 0 aliphatic heterocycles. The zero-order chi connectivity index (χ0) is 19.8. The molecule has 0 heterocycles. The van der Waals surface area contributed by atoms with Gasteiger partial charge in [0.15, 0.2) is 11.5 Å². The molecule has 0 unspecified atom stereocenters. The van der Waals surface area contributed by atoms with Crippen molar-refractivity contribution in [3.63, 3.8) is 0 Å². The standard InChI is InChI=1S/C19H20Br2N2O4/c1-4-26-16-7-6-12(9-17(16)27-5-2)19(24)23-22-11-13-8-14(20)10-15(21)18(13)25-3/h6-11H,4-5H2,1-3H3,(H,23,24)/b22-11+. The van der Waals surface area contributed by atoms with Gasteiger partial charge in [-0.1, -0.05) is 15.9 Å².